The molecule has 1 amide bonds. The maximum Gasteiger partial charge on any atom is 0.320 e. The molecule has 0 aromatic rings. The summed E-state index contributed by atoms with van der Waals surface area (Å²) in [5.41, 5.74) is 0. The van der Waals surface area contributed by atoms with Gasteiger partial charge in [-0.25, -0.2) is 0 Å². The van der Waals surface area contributed by atoms with Crippen molar-refractivity contribution in [3.63, 3.8) is 0 Å². The Morgan fingerprint density at radius 2 is 2.19 bits per heavy atom. The molecular formula is C10H18N2O4. The Morgan fingerprint density at radius 1 is 1.50 bits per heavy atom. The van der Waals surface area contributed by atoms with Gasteiger partial charge < -0.3 is 15.2 Å². The quantitative estimate of drug-likeness (QED) is 0.589. The fourth-order valence-electron chi connectivity index (χ4n) is 1.79. The minimum Gasteiger partial charge on any atom is -0.465 e. The van der Waals surface area contributed by atoms with E-state index in [1.54, 1.807) is 11.8 Å². The van der Waals surface area contributed by atoms with Gasteiger partial charge in [-0.3, -0.25) is 14.5 Å². The predicted molar refractivity (Wildman–Crippen MR) is 56.7 cm³/mol. The van der Waals surface area contributed by atoms with Crippen molar-refractivity contribution in [2.45, 2.75) is 26.0 Å². The van der Waals surface area contributed by atoms with E-state index in [9.17, 15) is 14.7 Å². The maximum atomic E-state index is 11.2. The lowest BCUT2D eigenvalue weighted by Crippen LogP contribution is -2.41. The molecule has 0 bridgehead atoms. The number of rotatable bonds is 4. The lowest BCUT2D eigenvalue weighted by atomic mass is 10.2. The number of ether oxygens (including phenoxy) is 1. The third-order valence-electron chi connectivity index (χ3n) is 2.41. The predicted octanol–water partition coefficient (Wildman–Crippen LogP) is -1.27. The first-order chi connectivity index (χ1) is 7.52. The van der Waals surface area contributed by atoms with Gasteiger partial charge in [-0.1, -0.05) is 0 Å². The highest BCUT2D eigenvalue weighted by molar-refractivity contribution is 5.73. The number of aliphatic hydroxyl groups is 1. The Bertz CT molecular complexity index is 270. The van der Waals surface area contributed by atoms with Crippen molar-refractivity contribution in [2.75, 3.05) is 26.2 Å². The molecule has 6 heteroatoms. The van der Waals surface area contributed by atoms with Crippen molar-refractivity contribution in [2.24, 2.45) is 0 Å². The normalized spacial score (nSPS) is 25.4. The molecule has 0 aromatic heterocycles. The molecule has 1 aliphatic heterocycles. The second-order valence-corrected chi connectivity index (χ2v) is 3.87. The largest absolute Gasteiger partial charge is 0.465 e. The van der Waals surface area contributed by atoms with Gasteiger partial charge >= 0.3 is 5.97 Å². The highest BCUT2D eigenvalue weighted by Gasteiger charge is 2.32. The fourth-order valence-corrected chi connectivity index (χ4v) is 1.79. The number of hydrogen-bond donors (Lipinski definition) is 2. The summed E-state index contributed by atoms with van der Waals surface area (Å²) in [6, 6.07) is -0.299. The average molecular weight is 230 g/mol. The standard InChI is InChI=1S/C10H18N2O4/c1-3-16-10(15)6-12-4-8(9(14)5-12)11-7(2)13/h8-9,14H,3-6H2,1-2H3,(H,11,13)/t8-,9+/m0/s1. The SMILES string of the molecule is CCOC(=O)CN1C[C@@H](O)[C@@H](NC(C)=O)C1. The number of carbonyl (C=O) groups excluding carboxylic acids is 2. The van der Waals surface area contributed by atoms with Crippen LogP contribution in [0, 0.1) is 0 Å². The molecule has 0 aromatic carbocycles. The summed E-state index contributed by atoms with van der Waals surface area (Å²) in [5, 5.41) is 12.3. The van der Waals surface area contributed by atoms with Gasteiger partial charge in [-0.15, -0.1) is 0 Å². The molecule has 1 rings (SSSR count). The van der Waals surface area contributed by atoms with Crippen LogP contribution in [0.1, 0.15) is 13.8 Å². The lowest BCUT2D eigenvalue weighted by molar-refractivity contribution is -0.144. The van der Waals surface area contributed by atoms with Crippen molar-refractivity contribution < 1.29 is 19.4 Å². The minimum absolute atomic E-state index is 0.154. The summed E-state index contributed by atoms with van der Waals surface area (Å²) in [6.45, 7) is 4.51. The van der Waals surface area contributed by atoms with Crippen molar-refractivity contribution in [1.29, 1.82) is 0 Å². The number of likely N-dealkylation sites (tertiary alicyclic amines) is 1. The van der Waals surface area contributed by atoms with Gasteiger partial charge in [0.25, 0.3) is 0 Å². The third kappa shape index (κ3) is 3.79. The molecule has 6 nitrogen and oxygen atoms in total. The molecule has 92 valence electrons. The van der Waals surface area contributed by atoms with E-state index in [1.165, 1.54) is 6.92 Å². The van der Waals surface area contributed by atoms with Crippen molar-refractivity contribution in [3.8, 4) is 0 Å². The maximum absolute atomic E-state index is 11.2. The molecule has 1 heterocycles. The first kappa shape index (κ1) is 12.9. The molecule has 2 atom stereocenters. The van der Waals surface area contributed by atoms with Crippen LogP contribution in [0.2, 0.25) is 0 Å². The number of amides is 1. The zero-order valence-corrected chi connectivity index (χ0v) is 9.60. The Balaban J connectivity index is 2.37. The molecule has 16 heavy (non-hydrogen) atoms. The average Bonchev–Trinajstić information content (AvgIpc) is 2.45. The molecule has 0 aliphatic carbocycles. The molecule has 2 N–H and O–H groups in total. The van der Waals surface area contributed by atoms with Crippen LogP contribution in [0.3, 0.4) is 0 Å². The molecule has 0 radical (unpaired) electrons. The van der Waals surface area contributed by atoms with E-state index in [4.69, 9.17) is 4.74 Å². The van der Waals surface area contributed by atoms with Gasteiger partial charge in [-0.2, -0.15) is 0 Å². The van der Waals surface area contributed by atoms with Gasteiger partial charge in [0.05, 0.1) is 25.3 Å². The van der Waals surface area contributed by atoms with Gasteiger partial charge in [0.1, 0.15) is 0 Å². The highest BCUT2D eigenvalue weighted by Crippen LogP contribution is 2.09. The number of aliphatic hydroxyl groups excluding tert-OH is 1. The van der Waals surface area contributed by atoms with Crippen molar-refractivity contribution in [1.82, 2.24) is 10.2 Å². The number of carbonyl (C=O) groups is 2. The number of nitrogens with one attached hydrogen (secondary N) is 1. The second-order valence-electron chi connectivity index (χ2n) is 3.87. The Kier molecular flexibility index (Phi) is 4.70. The Hall–Kier alpha value is -1.14. The molecule has 1 fully saturated rings. The van der Waals surface area contributed by atoms with Crippen LogP contribution in [-0.2, 0) is 14.3 Å². The topological polar surface area (TPSA) is 78.9 Å². The fraction of sp³-hybridized carbons (Fsp3) is 0.800. The van der Waals surface area contributed by atoms with E-state index in [2.05, 4.69) is 5.32 Å². The first-order valence-electron chi connectivity index (χ1n) is 5.36. The van der Waals surface area contributed by atoms with Crippen molar-refractivity contribution >= 4 is 11.9 Å². The van der Waals surface area contributed by atoms with Crippen LogP contribution >= 0.6 is 0 Å². The molecule has 0 saturated carbocycles. The van der Waals surface area contributed by atoms with Gasteiger partial charge in [0.15, 0.2) is 0 Å². The minimum atomic E-state index is -0.627. The number of β-amino-alcohol motifs (C(OH)–C–C–N with tert-alkyl or cyclic N) is 1. The number of hydrogen-bond acceptors (Lipinski definition) is 5. The number of nitrogens with zero attached hydrogens (tertiary/aromatic N) is 1. The van der Waals surface area contributed by atoms with Crippen LogP contribution in [0.25, 0.3) is 0 Å². The van der Waals surface area contributed by atoms with Crippen LogP contribution in [0.4, 0.5) is 0 Å². The van der Waals surface area contributed by atoms with E-state index in [0.29, 0.717) is 19.7 Å². The molecule has 0 spiro atoms. The summed E-state index contributed by atoms with van der Waals surface area (Å²) in [6.07, 6.45) is -0.627. The van der Waals surface area contributed by atoms with Gasteiger partial charge in [0.2, 0.25) is 5.91 Å². The third-order valence-corrected chi connectivity index (χ3v) is 2.41. The van der Waals surface area contributed by atoms with E-state index in [-0.39, 0.29) is 24.5 Å². The monoisotopic (exact) mass is 230 g/mol. The number of esters is 1. The van der Waals surface area contributed by atoms with Crippen molar-refractivity contribution in [3.05, 3.63) is 0 Å². The summed E-state index contributed by atoms with van der Waals surface area (Å²) in [4.78, 5) is 23.8. The lowest BCUT2D eigenvalue weighted by Gasteiger charge is -2.14. The summed E-state index contributed by atoms with van der Waals surface area (Å²) >= 11 is 0. The molecule has 1 aliphatic rings. The van der Waals surface area contributed by atoms with E-state index >= 15 is 0 Å². The second kappa shape index (κ2) is 5.81. The van der Waals surface area contributed by atoms with E-state index in [1.807, 2.05) is 0 Å². The van der Waals surface area contributed by atoms with Gasteiger partial charge in [0, 0.05) is 20.0 Å². The van der Waals surface area contributed by atoms with Crippen LogP contribution in [0.15, 0.2) is 0 Å². The van der Waals surface area contributed by atoms with Gasteiger partial charge in [-0.05, 0) is 6.92 Å². The summed E-state index contributed by atoms with van der Waals surface area (Å²) < 4.78 is 4.81. The Labute approximate surface area is 94.6 Å². The van der Waals surface area contributed by atoms with Crippen LogP contribution in [-0.4, -0.2) is 60.3 Å². The first-order valence-corrected chi connectivity index (χ1v) is 5.36. The van der Waals surface area contributed by atoms with E-state index in [0.717, 1.165) is 0 Å². The van der Waals surface area contributed by atoms with E-state index < -0.39 is 6.10 Å². The smallest absolute Gasteiger partial charge is 0.320 e. The van der Waals surface area contributed by atoms with Crippen LogP contribution < -0.4 is 5.32 Å². The zero-order chi connectivity index (χ0) is 12.1. The summed E-state index contributed by atoms with van der Waals surface area (Å²) in [5.74, 6) is -0.486. The Morgan fingerprint density at radius 3 is 2.75 bits per heavy atom. The summed E-state index contributed by atoms with van der Waals surface area (Å²) in [7, 11) is 0. The molecular weight excluding hydrogens is 212 g/mol. The zero-order valence-electron chi connectivity index (χ0n) is 9.60. The molecule has 0 unspecified atom stereocenters. The van der Waals surface area contributed by atoms with Crippen LogP contribution in [0.5, 0.6) is 0 Å². The molecule has 1 saturated heterocycles. The highest BCUT2D eigenvalue weighted by atomic mass is 16.5.